The van der Waals surface area contributed by atoms with Crippen LogP contribution in [0.3, 0.4) is 0 Å². The summed E-state index contributed by atoms with van der Waals surface area (Å²) in [6, 6.07) is 22.6. The minimum absolute atomic E-state index is 0.107. The van der Waals surface area contributed by atoms with Crippen molar-refractivity contribution in [1.82, 2.24) is 10.6 Å². The van der Waals surface area contributed by atoms with Gasteiger partial charge in [-0.05, 0) is 55.2 Å². The molecule has 1 saturated carbocycles. The maximum absolute atomic E-state index is 13.7. The SMILES string of the molecule is O=C(Nc1ccc(C(=O)NCc2ccccc2F)cc1)NC1(c2ccccc2)CCC1. The normalized spacial score (nSPS) is 14.2. The van der Waals surface area contributed by atoms with Crippen LogP contribution in [0.4, 0.5) is 14.9 Å². The van der Waals surface area contributed by atoms with Gasteiger partial charge >= 0.3 is 6.03 Å². The van der Waals surface area contributed by atoms with Crippen molar-refractivity contribution in [3.63, 3.8) is 0 Å². The number of hydrogen-bond donors (Lipinski definition) is 3. The monoisotopic (exact) mass is 417 g/mol. The first-order valence-corrected chi connectivity index (χ1v) is 10.3. The molecule has 0 atom stereocenters. The van der Waals surface area contributed by atoms with Gasteiger partial charge < -0.3 is 16.0 Å². The van der Waals surface area contributed by atoms with Crippen molar-refractivity contribution in [1.29, 1.82) is 0 Å². The molecule has 1 fully saturated rings. The van der Waals surface area contributed by atoms with Gasteiger partial charge in [0.05, 0.1) is 5.54 Å². The van der Waals surface area contributed by atoms with Gasteiger partial charge in [0.15, 0.2) is 0 Å². The number of amides is 3. The van der Waals surface area contributed by atoms with E-state index in [0.29, 0.717) is 16.8 Å². The zero-order valence-electron chi connectivity index (χ0n) is 17.0. The Morgan fingerprint density at radius 2 is 1.55 bits per heavy atom. The highest BCUT2D eigenvalue weighted by Gasteiger charge is 2.39. The quantitative estimate of drug-likeness (QED) is 0.531. The topological polar surface area (TPSA) is 70.2 Å². The molecule has 0 aromatic heterocycles. The molecule has 3 amide bonds. The predicted octanol–water partition coefficient (Wildman–Crippen LogP) is 4.96. The summed E-state index contributed by atoms with van der Waals surface area (Å²) in [4.78, 5) is 24.9. The molecule has 5 nitrogen and oxygen atoms in total. The van der Waals surface area contributed by atoms with Crippen LogP contribution in [0.1, 0.15) is 40.7 Å². The lowest BCUT2D eigenvalue weighted by atomic mass is 9.72. The fraction of sp³-hybridized carbons (Fsp3) is 0.200. The number of anilines is 1. The van der Waals surface area contributed by atoms with Crippen LogP contribution in [0.5, 0.6) is 0 Å². The number of benzene rings is 3. The van der Waals surface area contributed by atoms with E-state index in [0.717, 1.165) is 24.8 Å². The Hall–Kier alpha value is -3.67. The molecular formula is C25H24FN3O2. The number of urea groups is 1. The van der Waals surface area contributed by atoms with Crippen molar-refractivity contribution in [3.05, 3.63) is 101 Å². The van der Waals surface area contributed by atoms with Crippen LogP contribution >= 0.6 is 0 Å². The minimum atomic E-state index is -0.354. The smallest absolute Gasteiger partial charge is 0.319 e. The highest BCUT2D eigenvalue weighted by Crippen LogP contribution is 2.41. The number of carbonyl (C=O) groups is 2. The highest BCUT2D eigenvalue weighted by atomic mass is 19.1. The van der Waals surface area contributed by atoms with E-state index in [-0.39, 0.29) is 29.8 Å². The van der Waals surface area contributed by atoms with E-state index in [1.54, 1.807) is 42.5 Å². The Bertz CT molecular complexity index is 1060. The van der Waals surface area contributed by atoms with Gasteiger partial charge in [0.2, 0.25) is 0 Å². The van der Waals surface area contributed by atoms with Crippen LogP contribution in [0, 0.1) is 5.82 Å². The van der Waals surface area contributed by atoms with Gasteiger partial charge in [-0.2, -0.15) is 0 Å². The lowest BCUT2D eigenvalue weighted by molar-refractivity contribution is 0.0950. The fourth-order valence-electron chi connectivity index (χ4n) is 3.78. The van der Waals surface area contributed by atoms with Gasteiger partial charge in [-0.3, -0.25) is 4.79 Å². The number of halogens is 1. The van der Waals surface area contributed by atoms with E-state index in [4.69, 9.17) is 0 Å². The maximum atomic E-state index is 13.7. The molecule has 3 aromatic carbocycles. The third kappa shape index (κ3) is 4.74. The summed E-state index contributed by atoms with van der Waals surface area (Å²) in [7, 11) is 0. The van der Waals surface area contributed by atoms with Gasteiger partial charge in [-0.1, -0.05) is 48.5 Å². The average Bonchev–Trinajstić information content (AvgIpc) is 2.76. The van der Waals surface area contributed by atoms with E-state index < -0.39 is 0 Å². The van der Waals surface area contributed by atoms with E-state index in [9.17, 15) is 14.0 Å². The van der Waals surface area contributed by atoms with E-state index in [2.05, 4.69) is 16.0 Å². The molecule has 0 saturated heterocycles. The second kappa shape index (κ2) is 9.00. The first-order valence-electron chi connectivity index (χ1n) is 10.3. The third-order valence-corrected chi connectivity index (χ3v) is 5.69. The second-order valence-electron chi connectivity index (χ2n) is 7.73. The number of nitrogens with one attached hydrogen (secondary N) is 3. The van der Waals surface area contributed by atoms with Crippen molar-refractivity contribution in [2.45, 2.75) is 31.3 Å². The minimum Gasteiger partial charge on any atom is -0.348 e. The number of rotatable bonds is 6. The third-order valence-electron chi connectivity index (χ3n) is 5.69. The summed E-state index contributed by atoms with van der Waals surface area (Å²) in [6.45, 7) is 0.107. The summed E-state index contributed by atoms with van der Waals surface area (Å²) in [5, 5.41) is 8.65. The molecular weight excluding hydrogens is 393 g/mol. The lowest BCUT2D eigenvalue weighted by Gasteiger charge is -2.43. The Morgan fingerprint density at radius 3 is 2.19 bits per heavy atom. The zero-order valence-corrected chi connectivity index (χ0v) is 17.0. The Labute approximate surface area is 180 Å². The van der Waals surface area contributed by atoms with Crippen molar-refractivity contribution < 1.29 is 14.0 Å². The summed E-state index contributed by atoms with van der Waals surface area (Å²) in [5.74, 6) is -0.662. The Kier molecular flexibility index (Phi) is 5.98. The maximum Gasteiger partial charge on any atom is 0.319 e. The summed E-state index contributed by atoms with van der Waals surface area (Å²) in [6.07, 6.45) is 2.89. The Balaban J connectivity index is 1.33. The van der Waals surface area contributed by atoms with Gasteiger partial charge in [-0.15, -0.1) is 0 Å². The van der Waals surface area contributed by atoms with E-state index in [1.165, 1.54) is 6.07 Å². The summed E-state index contributed by atoms with van der Waals surface area (Å²) >= 11 is 0. The van der Waals surface area contributed by atoms with Gasteiger partial charge in [0, 0.05) is 23.4 Å². The molecule has 4 rings (SSSR count). The zero-order chi connectivity index (χ0) is 21.7. The molecule has 3 N–H and O–H groups in total. The number of carbonyl (C=O) groups excluding carboxylic acids is 2. The van der Waals surface area contributed by atoms with Crippen LogP contribution < -0.4 is 16.0 Å². The molecule has 0 spiro atoms. The molecule has 3 aromatic rings. The lowest BCUT2D eigenvalue weighted by Crippen LogP contribution is -2.52. The molecule has 158 valence electrons. The molecule has 0 radical (unpaired) electrons. The largest absolute Gasteiger partial charge is 0.348 e. The first-order chi connectivity index (χ1) is 15.1. The van der Waals surface area contributed by atoms with Crippen molar-refractivity contribution in [2.24, 2.45) is 0 Å². The van der Waals surface area contributed by atoms with Crippen LogP contribution in [0.2, 0.25) is 0 Å². The van der Waals surface area contributed by atoms with Gasteiger partial charge in [-0.25, -0.2) is 9.18 Å². The molecule has 0 bridgehead atoms. The molecule has 31 heavy (non-hydrogen) atoms. The van der Waals surface area contributed by atoms with Crippen LogP contribution in [0.15, 0.2) is 78.9 Å². The van der Waals surface area contributed by atoms with Crippen LogP contribution in [-0.4, -0.2) is 11.9 Å². The molecule has 1 aliphatic rings. The molecule has 0 heterocycles. The van der Waals surface area contributed by atoms with Crippen molar-refractivity contribution in [2.75, 3.05) is 5.32 Å². The molecule has 0 aliphatic heterocycles. The van der Waals surface area contributed by atoms with Gasteiger partial charge in [0.1, 0.15) is 5.82 Å². The van der Waals surface area contributed by atoms with Crippen molar-refractivity contribution >= 4 is 17.6 Å². The summed E-state index contributed by atoms with van der Waals surface area (Å²) < 4.78 is 13.7. The predicted molar refractivity (Wildman–Crippen MR) is 118 cm³/mol. The molecule has 1 aliphatic carbocycles. The van der Waals surface area contributed by atoms with Crippen molar-refractivity contribution in [3.8, 4) is 0 Å². The Morgan fingerprint density at radius 1 is 0.871 bits per heavy atom. The summed E-state index contributed by atoms with van der Waals surface area (Å²) in [5.41, 5.74) is 2.23. The fourth-order valence-corrected chi connectivity index (χ4v) is 3.78. The first kappa shape index (κ1) is 20.6. The van der Waals surface area contributed by atoms with Crippen LogP contribution in [0.25, 0.3) is 0 Å². The molecule has 6 heteroatoms. The standard InChI is InChI=1S/C25H24FN3O2/c26-22-10-5-4-7-19(22)17-27-23(30)18-11-13-21(14-12-18)28-24(31)29-25(15-6-16-25)20-8-2-1-3-9-20/h1-5,7-14H,6,15-17H2,(H,27,30)(H2,28,29,31). The average molecular weight is 417 g/mol. The van der Waals surface area contributed by atoms with Gasteiger partial charge in [0.25, 0.3) is 5.91 Å². The number of hydrogen-bond acceptors (Lipinski definition) is 2. The molecule has 0 unspecified atom stereocenters. The van der Waals surface area contributed by atoms with E-state index in [1.807, 2.05) is 30.3 Å². The highest BCUT2D eigenvalue weighted by molar-refractivity contribution is 5.95. The second-order valence-corrected chi connectivity index (χ2v) is 7.73. The van der Waals surface area contributed by atoms with Crippen LogP contribution in [-0.2, 0) is 12.1 Å². The van der Waals surface area contributed by atoms with E-state index >= 15 is 0 Å².